The van der Waals surface area contributed by atoms with Crippen molar-refractivity contribution in [3.63, 3.8) is 0 Å². The highest BCUT2D eigenvalue weighted by Crippen LogP contribution is 2.30. The molecule has 1 aliphatic rings. The minimum Gasteiger partial charge on any atom is -0.478 e. The topological polar surface area (TPSA) is 61.0 Å². The van der Waals surface area contributed by atoms with Crippen molar-refractivity contribution in [3.8, 4) is 5.88 Å². The summed E-state index contributed by atoms with van der Waals surface area (Å²) < 4.78 is 42.5. The van der Waals surface area contributed by atoms with Gasteiger partial charge in [0.2, 0.25) is 11.7 Å². The minimum absolute atomic E-state index is 0.117. The number of hydrogen-bond acceptors (Lipinski definition) is 4. The Bertz CT molecular complexity index is 418. The molecule has 4 nitrogen and oxygen atoms in total. The Morgan fingerprint density at radius 3 is 2.61 bits per heavy atom. The molecule has 0 aliphatic heterocycles. The molecule has 7 heteroatoms. The summed E-state index contributed by atoms with van der Waals surface area (Å²) >= 11 is 0. The van der Waals surface area contributed by atoms with Gasteiger partial charge in [0.15, 0.2) is 0 Å². The molecule has 18 heavy (non-hydrogen) atoms. The van der Waals surface area contributed by atoms with Crippen LogP contribution in [0.15, 0.2) is 6.07 Å². The van der Waals surface area contributed by atoms with Crippen LogP contribution in [0.4, 0.5) is 19.0 Å². The van der Waals surface area contributed by atoms with Crippen LogP contribution in [0.25, 0.3) is 0 Å². The van der Waals surface area contributed by atoms with Crippen LogP contribution in [-0.2, 0) is 6.18 Å². The maximum atomic E-state index is 12.4. The lowest BCUT2D eigenvalue weighted by Gasteiger charge is -2.24. The van der Waals surface area contributed by atoms with Crippen LogP contribution in [0.3, 0.4) is 0 Å². The molecule has 1 fully saturated rings. The summed E-state index contributed by atoms with van der Waals surface area (Å²) in [5, 5.41) is 0. The molecule has 0 amide bonds. The van der Waals surface area contributed by atoms with E-state index in [1.54, 1.807) is 0 Å². The van der Waals surface area contributed by atoms with E-state index in [-0.39, 0.29) is 11.7 Å². The first-order valence-electron chi connectivity index (χ1n) is 5.79. The summed E-state index contributed by atoms with van der Waals surface area (Å²) in [7, 11) is 0. The van der Waals surface area contributed by atoms with Gasteiger partial charge in [0.05, 0.1) is 6.61 Å². The van der Waals surface area contributed by atoms with Gasteiger partial charge in [-0.3, -0.25) is 0 Å². The molecule has 0 unspecified atom stereocenters. The second-order valence-electron chi connectivity index (χ2n) is 4.39. The second kappa shape index (κ2) is 4.99. The molecular formula is C11H14F3N3O. The number of halogens is 3. The van der Waals surface area contributed by atoms with Crippen molar-refractivity contribution in [2.24, 2.45) is 5.92 Å². The van der Waals surface area contributed by atoms with Gasteiger partial charge in [-0.1, -0.05) is 19.3 Å². The lowest BCUT2D eigenvalue weighted by Crippen LogP contribution is -2.16. The zero-order valence-corrected chi connectivity index (χ0v) is 9.70. The van der Waals surface area contributed by atoms with Gasteiger partial charge < -0.3 is 10.5 Å². The highest BCUT2D eigenvalue weighted by Gasteiger charge is 2.35. The van der Waals surface area contributed by atoms with Gasteiger partial charge in [0.25, 0.3) is 0 Å². The van der Waals surface area contributed by atoms with Crippen molar-refractivity contribution in [2.75, 3.05) is 12.3 Å². The second-order valence-corrected chi connectivity index (χ2v) is 4.39. The first-order chi connectivity index (χ1) is 8.45. The van der Waals surface area contributed by atoms with E-state index in [4.69, 9.17) is 10.5 Å². The lowest BCUT2D eigenvalue weighted by atomic mass is 9.83. The van der Waals surface area contributed by atoms with E-state index < -0.39 is 12.0 Å². The zero-order valence-electron chi connectivity index (χ0n) is 9.70. The van der Waals surface area contributed by atoms with Gasteiger partial charge in [-0.2, -0.15) is 18.2 Å². The van der Waals surface area contributed by atoms with Crippen LogP contribution in [0.1, 0.15) is 31.5 Å². The van der Waals surface area contributed by atoms with Gasteiger partial charge in [0.1, 0.15) is 5.82 Å². The van der Waals surface area contributed by atoms with Crippen LogP contribution in [0, 0.1) is 5.92 Å². The van der Waals surface area contributed by atoms with E-state index in [2.05, 4.69) is 9.97 Å². The molecular weight excluding hydrogens is 247 g/mol. The number of nitrogens with zero attached hydrogens (tertiary/aromatic N) is 2. The number of hydrogen-bond donors (Lipinski definition) is 1. The number of alkyl halides is 3. The van der Waals surface area contributed by atoms with Crippen LogP contribution >= 0.6 is 0 Å². The van der Waals surface area contributed by atoms with Crippen LogP contribution < -0.4 is 10.5 Å². The van der Waals surface area contributed by atoms with E-state index in [9.17, 15) is 13.2 Å². The first-order valence-corrected chi connectivity index (χ1v) is 5.79. The van der Waals surface area contributed by atoms with E-state index in [1.165, 1.54) is 25.3 Å². The highest BCUT2D eigenvalue weighted by atomic mass is 19.4. The molecule has 0 spiro atoms. The van der Waals surface area contributed by atoms with Gasteiger partial charge >= 0.3 is 6.18 Å². The molecule has 2 rings (SSSR count). The molecule has 0 atom stereocenters. The minimum atomic E-state index is -4.61. The van der Waals surface area contributed by atoms with Crippen molar-refractivity contribution in [2.45, 2.75) is 31.9 Å². The Kier molecular flexibility index (Phi) is 3.58. The fourth-order valence-corrected chi connectivity index (χ4v) is 1.76. The summed E-state index contributed by atoms with van der Waals surface area (Å²) in [5.41, 5.74) is 5.29. The lowest BCUT2D eigenvalue weighted by molar-refractivity contribution is -0.145. The molecule has 1 aliphatic carbocycles. The maximum Gasteiger partial charge on any atom is 0.451 e. The van der Waals surface area contributed by atoms with E-state index in [1.807, 2.05) is 0 Å². The van der Waals surface area contributed by atoms with Crippen molar-refractivity contribution in [1.82, 2.24) is 9.97 Å². The molecule has 0 aromatic carbocycles. The summed E-state index contributed by atoms with van der Waals surface area (Å²) in [4.78, 5) is 6.44. The molecule has 1 saturated carbocycles. The summed E-state index contributed by atoms with van der Waals surface area (Å²) in [6.45, 7) is 0.360. The molecule has 2 N–H and O–H groups in total. The number of nitrogens with two attached hydrogens (primary N) is 1. The molecule has 0 saturated heterocycles. The number of anilines is 1. The van der Waals surface area contributed by atoms with Crippen molar-refractivity contribution in [3.05, 3.63) is 11.9 Å². The Morgan fingerprint density at radius 1 is 1.33 bits per heavy atom. The molecule has 100 valence electrons. The van der Waals surface area contributed by atoms with E-state index in [0.717, 1.165) is 6.42 Å². The average molecular weight is 261 g/mol. The van der Waals surface area contributed by atoms with E-state index in [0.29, 0.717) is 12.5 Å². The summed E-state index contributed by atoms with van der Waals surface area (Å²) in [5.74, 6) is -0.988. The van der Waals surface area contributed by atoms with Gasteiger partial charge in [-0.05, 0) is 12.3 Å². The Labute approximate surface area is 102 Å². The number of rotatable bonds is 4. The van der Waals surface area contributed by atoms with Crippen molar-refractivity contribution in [1.29, 1.82) is 0 Å². The van der Waals surface area contributed by atoms with Crippen molar-refractivity contribution >= 4 is 5.82 Å². The first kappa shape index (κ1) is 12.9. The molecule has 1 aromatic heterocycles. The largest absolute Gasteiger partial charge is 0.478 e. The van der Waals surface area contributed by atoms with Crippen LogP contribution in [0.2, 0.25) is 0 Å². The highest BCUT2D eigenvalue weighted by molar-refractivity contribution is 5.33. The third-order valence-corrected chi connectivity index (χ3v) is 2.98. The number of nitrogen functional groups attached to an aromatic ring is 1. The monoisotopic (exact) mass is 261 g/mol. The fraction of sp³-hybridized carbons (Fsp3) is 0.636. The third kappa shape index (κ3) is 3.24. The molecule has 1 aromatic rings. The van der Waals surface area contributed by atoms with Gasteiger partial charge in [0, 0.05) is 6.07 Å². The van der Waals surface area contributed by atoms with Crippen LogP contribution in [0.5, 0.6) is 5.88 Å². The average Bonchev–Trinajstić information content (AvgIpc) is 2.20. The number of ether oxygens (including phenoxy) is 1. The zero-order chi connectivity index (χ0) is 13.2. The number of aromatic nitrogens is 2. The van der Waals surface area contributed by atoms with E-state index >= 15 is 0 Å². The summed E-state index contributed by atoms with van der Waals surface area (Å²) in [6, 6.07) is 1.20. The third-order valence-electron chi connectivity index (χ3n) is 2.98. The van der Waals surface area contributed by atoms with Crippen LogP contribution in [-0.4, -0.2) is 16.6 Å². The smallest absolute Gasteiger partial charge is 0.451 e. The SMILES string of the molecule is Nc1cc(OCCC2CCC2)nc(C(F)(F)F)n1. The molecule has 0 bridgehead atoms. The van der Waals surface area contributed by atoms with Gasteiger partial charge in [-0.25, -0.2) is 4.98 Å². The predicted molar refractivity (Wildman–Crippen MR) is 58.9 cm³/mol. The fourth-order valence-electron chi connectivity index (χ4n) is 1.76. The quantitative estimate of drug-likeness (QED) is 0.905. The maximum absolute atomic E-state index is 12.4. The molecule has 0 radical (unpaired) electrons. The summed E-state index contributed by atoms with van der Waals surface area (Å²) in [6.07, 6.45) is -0.206. The Hall–Kier alpha value is -1.53. The molecule has 1 heterocycles. The predicted octanol–water partition coefficient (Wildman–Crippen LogP) is 2.65. The standard InChI is InChI=1S/C11H14F3N3O/c12-11(13,14)10-16-8(15)6-9(17-10)18-5-4-7-2-1-3-7/h6-7H,1-5H2,(H2,15,16,17). The van der Waals surface area contributed by atoms with Crippen molar-refractivity contribution < 1.29 is 17.9 Å². The van der Waals surface area contributed by atoms with Gasteiger partial charge in [-0.15, -0.1) is 0 Å². The Balaban J connectivity index is 1.96. The Morgan fingerprint density at radius 2 is 2.06 bits per heavy atom. The normalized spacial score (nSPS) is 16.4.